The van der Waals surface area contributed by atoms with Crippen LogP contribution in [-0.2, 0) is 0 Å². The minimum atomic E-state index is 0.910. The fourth-order valence-electron chi connectivity index (χ4n) is 8.47. The molecule has 3 heterocycles. The normalized spacial score (nSPS) is 11.8. The standard InChI is InChI=1S/C50H31N3/c1-4-14-32(15-5-1)44-31-53-30-35(26-29-45(53)52-44)42-24-13-25-43(51-42)36-27-28-41-48-37(36)22-12-23-40(48)49-46(33-16-6-2-7-17-33)38-20-10-11-21-39(38)47(50(41)49)34-18-8-3-9-19-34/h1-31H. The number of imidazole rings is 1. The van der Waals surface area contributed by atoms with Gasteiger partial charge >= 0.3 is 0 Å². The number of fused-ring (bicyclic) bond motifs is 5. The SMILES string of the molecule is c1ccc(-c2cn3cc(-c4cccc(-c5ccc6c7c(cccc57)-c5c-6c(-c6ccccc6)c6ccccc6c5-c5ccccc5)n4)ccc3n2)cc1. The maximum atomic E-state index is 5.31. The first kappa shape index (κ1) is 29.6. The van der Waals surface area contributed by atoms with Crippen molar-refractivity contribution in [1.82, 2.24) is 14.4 Å². The van der Waals surface area contributed by atoms with E-state index in [9.17, 15) is 0 Å². The fraction of sp³-hybridized carbons (Fsp3) is 0. The van der Waals surface area contributed by atoms with Crippen LogP contribution in [0.25, 0.3) is 105 Å². The predicted molar refractivity (Wildman–Crippen MR) is 220 cm³/mol. The third-order valence-electron chi connectivity index (χ3n) is 10.8. The summed E-state index contributed by atoms with van der Waals surface area (Å²) in [5, 5.41) is 5.02. The van der Waals surface area contributed by atoms with Crippen molar-refractivity contribution in [3.63, 3.8) is 0 Å². The highest BCUT2D eigenvalue weighted by Crippen LogP contribution is 2.58. The fourth-order valence-corrected chi connectivity index (χ4v) is 8.47. The predicted octanol–water partition coefficient (Wildman–Crippen LogP) is 13.0. The van der Waals surface area contributed by atoms with Crippen molar-refractivity contribution in [1.29, 1.82) is 0 Å². The van der Waals surface area contributed by atoms with Gasteiger partial charge in [0, 0.05) is 29.1 Å². The zero-order valence-corrected chi connectivity index (χ0v) is 28.7. The van der Waals surface area contributed by atoms with Gasteiger partial charge < -0.3 is 4.40 Å². The van der Waals surface area contributed by atoms with E-state index in [1.54, 1.807) is 0 Å². The zero-order chi connectivity index (χ0) is 34.9. The summed E-state index contributed by atoms with van der Waals surface area (Å²) in [4.78, 5) is 10.2. The van der Waals surface area contributed by atoms with Crippen molar-refractivity contribution in [3.8, 4) is 78.3 Å². The monoisotopic (exact) mass is 673 g/mol. The third-order valence-corrected chi connectivity index (χ3v) is 10.8. The third kappa shape index (κ3) is 4.61. The largest absolute Gasteiger partial charge is 0.306 e. The lowest BCUT2D eigenvalue weighted by Gasteiger charge is -2.20. The minimum Gasteiger partial charge on any atom is -0.306 e. The number of rotatable bonds is 5. The van der Waals surface area contributed by atoms with E-state index in [1.165, 1.54) is 66.1 Å². The lowest BCUT2D eigenvalue weighted by molar-refractivity contribution is 1.18. The van der Waals surface area contributed by atoms with E-state index >= 15 is 0 Å². The Morgan fingerprint density at radius 3 is 1.53 bits per heavy atom. The van der Waals surface area contributed by atoms with Crippen molar-refractivity contribution < 1.29 is 0 Å². The summed E-state index contributed by atoms with van der Waals surface area (Å²) in [6.45, 7) is 0. The highest BCUT2D eigenvalue weighted by Gasteiger charge is 2.31. The Kier molecular flexibility index (Phi) is 6.55. The van der Waals surface area contributed by atoms with Gasteiger partial charge in [0.15, 0.2) is 0 Å². The van der Waals surface area contributed by atoms with Crippen LogP contribution in [0.1, 0.15) is 0 Å². The first-order valence-electron chi connectivity index (χ1n) is 18.1. The molecule has 0 amide bonds. The van der Waals surface area contributed by atoms with E-state index in [-0.39, 0.29) is 0 Å². The van der Waals surface area contributed by atoms with Crippen molar-refractivity contribution >= 4 is 27.2 Å². The Morgan fingerprint density at radius 2 is 0.849 bits per heavy atom. The molecule has 11 rings (SSSR count). The molecule has 0 saturated carbocycles. The molecule has 246 valence electrons. The second-order valence-corrected chi connectivity index (χ2v) is 13.7. The van der Waals surface area contributed by atoms with Gasteiger partial charge in [0.05, 0.1) is 17.1 Å². The molecule has 0 atom stereocenters. The molecular weight excluding hydrogens is 643 g/mol. The Bertz CT molecular complexity index is 2940. The Labute approximate surface area is 307 Å². The van der Waals surface area contributed by atoms with Crippen LogP contribution in [0.2, 0.25) is 0 Å². The smallest absolute Gasteiger partial charge is 0.137 e. The van der Waals surface area contributed by atoms with E-state index in [2.05, 4.69) is 175 Å². The number of pyridine rings is 2. The summed E-state index contributed by atoms with van der Waals surface area (Å²) in [5.41, 5.74) is 17.2. The highest BCUT2D eigenvalue weighted by molar-refractivity contribution is 6.28. The van der Waals surface area contributed by atoms with Crippen molar-refractivity contribution in [3.05, 3.63) is 188 Å². The molecule has 3 heteroatoms. The van der Waals surface area contributed by atoms with Gasteiger partial charge in [0.25, 0.3) is 0 Å². The molecule has 0 fully saturated rings. The van der Waals surface area contributed by atoms with Gasteiger partial charge in [-0.25, -0.2) is 9.97 Å². The van der Waals surface area contributed by atoms with Crippen molar-refractivity contribution in [2.75, 3.05) is 0 Å². The summed E-state index contributed by atoms with van der Waals surface area (Å²) in [7, 11) is 0. The van der Waals surface area contributed by atoms with Crippen LogP contribution in [0.4, 0.5) is 0 Å². The van der Waals surface area contributed by atoms with E-state index in [0.29, 0.717) is 0 Å². The molecule has 0 spiro atoms. The van der Waals surface area contributed by atoms with Crippen LogP contribution in [0.3, 0.4) is 0 Å². The maximum Gasteiger partial charge on any atom is 0.137 e. The van der Waals surface area contributed by atoms with Crippen LogP contribution in [0, 0.1) is 0 Å². The number of nitrogens with zero attached hydrogens (tertiary/aromatic N) is 3. The molecule has 0 radical (unpaired) electrons. The maximum absolute atomic E-state index is 5.31. The van der Waals surface area contributed by atoms with Crippen molar-refractivity contribution in [2.24, 2.45) is 0 Å². The molecule has 53 heavy (non-hydrogen) atoms. The molecule has 3 aromatic heterocycles. The molecular formula is C50H31N3. The van der Waals surface area contributed by atoms with Gasteiger partial charge in [0.1, 0.15) is 5.65 Å². The van der Waals surface area contributed by atoms with Gasteiger partial charge in [0.2, 0.25) is 0 Å². The number of hydrogen-bond donors (Lipinski definition) is 0. The molecule has 3 nitrogen and oxygen atoms in total. The van der Waals surface area contributed by atoms with Crippen LogP contribution >= 0.6 is 0 Å². The lowest BCUT2D eigenvalue weighted by Crippen LogP contribution is -1.93. The van der Waals surface area contributed by atoms with E-state index < -0.39 is 0 Å². The zero-order valence-electron chi connectivity index (χ0n) is 28.7. The first-order chi connectivity index (χ1) is 26.3. The van der Waals surface area contributed by atoms with Gasteiger partial charge in [-0.3, -0.25) is 0 Å². The molecule has 0 N–H and O–H groups in total. The first-order valence-corrected chi connectivity index (χ1v) is 18.1. The quantitative estimate of drug-likeness (QED) is 0.182. The van der Waals surface area contributed by atoms with E-state index in [1.807, 2.05) is 18.2 Å². The molecule has 10 aromatic rings. The van der Waals surface area contributed by atoms with Gasteiger partial charge in [-0.2, -0.15) is 0 Å². The summed E-state index contributed by atoms with van der Waals surface area (Å²) >= 11 is 0. The summed E-state index contributed by atoms with van der Waals surface area (Å²) in [6, 6.07) is 63.0. The Hall–Kier alpha value is -7.10. The average molecular weight is 674 g/mol. The molecule has 7 aromatic carbocycles. The van der Waals surface area contributed by atoms with E-state index in [4.69, 9.17) is 9.97 Å². The summed E-state index contributed by atoms with van der Waals surface area (Å²) < 4.78 is 2.10. The summed E-state index contributed by atoms with van der Waals surface area (Å²) in [6.07, 6.45) is 4.22. The van der Waals surface area contributed by atoms with Gasteiger partial charge in [-0.15, -0.1) is 0 Å². The molecule has 0 unspecified atom stereocenters. The molecule has 0 bridgehead atoms. The second kappa shape index (κ2) is 11.7. The molecule has 0 saturated heterocycles. The van der Waals surface area contributed by atoms with Crippen molar-refractivity contribution in [2.45, 2.75) is 0 Å². The highest BCUT2D eigenvalue weighted by atomic mass is 15.0. The average Bonchev–Trinajstić information content (AvgIpc) is 3.81. The minimum absolute atomic E-state index is 0.910. The Morgan fingerprint density at radius 1 is 0.302 bits per heavy atom. The number of benzene rings is 7. The topological polar surface area (TPSA) is 30.2 Å². The number of hydrogen-bond acceptors (Lipinski definition) is 2. The lowest BCUT2D eigenvalue weighted by atomic mass is 9.82. The van der Waals surface area contributed by atoms with Crippen LogP contribution in [0.15, 0.2) is 188 Å². The van der Waals surface area contributed by atoms with Gasteiger partial charge in [-0.05, 0) is 90.3 Å². The Balaban J connectivity index is 1.11. The molecule has 1 aliphatic rings. The van der Waals surface area contributed by atoms with Crippen LogP contribution in [-0.4, -0.2) is 14.4 Å². The molecule has 0 aliphatic heterocycles. The summed E-state index contributed by atoms with van der Waals surface area (Å²) in [5.74, 6) is 0. The van der Waals surface area contributed by atoms with E-state index in [0.717, 1.165) is 39.4 Å². The van der Waals surface area contributed by atoms with Crippen LogP contribution < -0.4 is 0 Å². The molecule has 1 aliphatic carbocycles. The van der Waals surface area contributed by atoms with Gasteiger partial charge in [-0.1, -0.05) is 152 Å². The number of aromatic nitrogens is 3. The van der Waals surface area contributed by atoms with Crippen LogP contribution in [0.5, 0.6) is 0 Å². The second-order valence-electron chi connectivity index (χ2n) is 13.7.